The number of thiazole rings is 1. The lowest BCUT2D eigenvalue weighted by Crippen LogP contribution is -2.32. The molecule has 9 nitrogen and oxygen atoms in total. The molecule has 202 valence electrons. The van der Waals surface area contributed by atoms with Gasteiger partial charge in [-0.3, -0.25) is 24.5 Å². The van der Waals surface area contributed by atoms with Crippen molar-refractivity contribution in [2.45, 2.75) is 22.8 Å². The van der Waals surface area contributed by atoms with Crippen molar-refractivity contribution in [2.24, 2.45) is 5.92 Å². The number of imide groups is 1. The Morgan fingerprint density at radius 3 is 2.45 bits per heavy atom. The van der Waals surface area contributed by atoms with Crippen LogP contribution < -0.4 is 14.5 Å². The Morgan fingerprint density at radius 2 is 1.75 bits per heavy atom. The average Bonchev–Trinajstić information content (AvgIpc) is 3.43. The normalized spacial score (nSPS) is 19.9. The molecule has 3 aromatic carbocycles. The second-order valence-corrected chi connectivity index (χ2v) is 12.7. The standard InChI is InChI=1S/C27H17BrClN3O6S2/c28-14-3-7-16(8-4-14)31-25(33)21-20(22-24(30-27(35)40-22)39-23(21)26(31)34)18-11-17(32(36)37)9-10-19(18)38-12-13-1-5-15(29)6-2-13/h1-11,20-21,23H,12H2,(H,30,35). The molecule has 2 aliphatic heterocycles. The van der Waals surface area contributed by atoms with Crippen molar-refractivity contribution in [3.63, 3.8) is 0 Å². The topological polar surface area (TPSA) is 123 Å². The van der Waals surface area contributed by atoms with Crippen LogP contribution in [0.15, 0.2) is 81.0 Å². The van der Waals surface area contributed by atoms with Gasteiger partial charge >= 0.3 is 4.87 Å². The smallest absolute Gasteiger partial charge is 0.305 e. The fraction of sp³-hybridized carbons (Fsp3) is 0.148. The van der Waals surface area contributed by atoms with Gasteiger partial charge in [-0.25, -0.2) is 4.90 Å². The number of nitro groups is 1. The van der Waals surface area contributed by atoms with Crippen molar-refractivity contribution in [3.05, 3.63) is 112 Å². The van der Waals surface area contributed by atoms with Gasteiger partial charge in [0, 0.05) is 38.0 Å². The van der Waals surface area contributed by atoms with E-state index in [-0.39, 0.29) is 17.2 Å². The zero-order valence-electron chi connectivity index (χ0n) is 20.2. The Bertz CT molecular complexity index is 1720. The van der Waals surface area contributed by atoms with E-state index in [1.807, 2.05) is 0 Å². The molecule has 2 aliphatic rings. The summed E-state index contributed by atoms with van der Waals surface area (Å²) in [5.74, 6) is -2.30. The van der Waals surface area contributed by atoms with Gasteiger partial charge in [-0.2, -0.15) is 0 Å². The SMILES string of the molecule is O=C1C2Sc3[nH]c(=O)sc3C(c3cc([N+](=O)[O-])ccc3OCc3ccc(Cl)cc3)C2C(=O)N1c1ccc(Br)cc1. The highest BCUT2D eigenvalue weighted by Gasteiger charge is 2.57. The van der Waals surface area contributed by atoms with Crippen LogP contribution in [0.4, 0.5) is 11.4 Å². The number of amides is 2. The number of hydrogen-bond donors (Lipinski definition) is 1. The summed E-state index contributed by atoms with van der Waals surface area (Å²) < 4.78 is 6.93. The fourth-order valence-electron chi connectivity index (χ4n) is 4.96. The van der Waals surface area contributed by atoms with Crippen molar-refractivity contribution in [1.29, 1.82) is 0 Å². The highest BCUT2D eigenvalue weighted by molar-refractivity contribution is 9.10. The number of nitrogens with one attached hydrogen (secondary N) is 1. The average molecular weight is 659 g/mol. The number of carbonyl (C=O) groups excluding carboxylic acids is 2. The molecule has 0 bridgehead atoms. The monoisotopic (exact) mass is 657 g/mol. The third-order valence-corrected chi connectivity index (χ3v) is 9.94. The predicted octanol–water partition coefficient (Wildman–Crippen LogP) is 6.14. The van der Waals surface area contributed by atoms with Gasteiger partial charge in [0.1, 0.15) is 17.6 Å². The minimum atomic E-state index is -0.917. The largest absolute Gasteiger partial charge is 0.489 e. The molecule has 0 radical (unpaired) electrons. The van der Waals surface area contributed by atoms with Gasteiger partial charge in [0.2, 0.25) is 11.8 Å². The molecule has 0 aliphatic carbocycles. The minimum Gasteiger partial charge on any atom is -0.489 e. The van der Waals surface area contributed by atoms with E-state index in [4.69, 9.17) is 16.3 Å². The third-order valence-electron chi connectivity index (χ3n) is 6.76. The molecule has 2 amide bonds. The molecule has 6 rings (SSSR count). The number of non-ortho nitro benzene ring substituents is 1. The zero-order valence-corrected chi connectivity index (χ0v) is 24.2. The molecule has 40 heavy (non-hydrogen) atoms. The summed E-state index contributed by atoms with van der Waals surface area (Å²) in [7, 11) is 0. The Kier molecular flexibility index (Phi) is 7.03. The van der Waals surface area contributed by atoms with Gasteiger partial charge < -0.3 is 9.72 Å². The number of H-pyrrole nitrogens is 1. The summed E-state index contributed by atoms with van der Waals surface area (Å²) in [6, 6.07) is 18.0. The molecule has 3 atom stereocenters. The van der Waals surface area contributed by atoms with Gasteiger partial charge in [-0.1, -0.05) is 62.8 Å². The van der Waals surface area contributed by atoms with Gasteiger partial charge in [0.15, 0.2) is 0 Å². The molecule has 13 heteroatoms. The summed E-state index contributed by atoms with van der Waals surface area (Å²) in [6.45, 7) is 0.131. The number of nitrogens with zero attached hydrogens (tertiary/aromatic N) is 2. The lowest BCUT2D eigenvalue weighted by atomic mass is 9.82. The molecule has 1 N–H and O–H groups in total. The van der Waals surface area contributed by atoms with E-state index in [9.17, 15) is 24.5 Å². The van der Waals surface area contributed by atoms with Gasteiger partial charge in [-0.15, -0.1) is 0 Å². The molecule has 1 fully saturated rings. The van der Waals surface area contributed by atoms with E-state index in [0.29, 0.717) is 31.9 Å². The molecule has 3 heterocycles. The zero-order chi connectivity index (χ0) is 28.1. The maximum Gasteiger partial charge on any atom is 0.305 e. The van der Waals surface area contributed by atoms with E-state index >= 15 is 0 Å². The van der Waals surface area contributed by atoms with E-state index < -0.39 is 33.8 Å². The third kappa shape index (κ3) is 4.74. The van der Waals surface area contributed by atoms with Gasteiger partial charge in [-0.05, 0) is 48.0 Å². The number of carbonyl (C=O) groups is 2. The Hall–Kier alpha value is -3.45. The van der Waals surface area contributed by atoms with Crippen molar-refractivity contribution < 1.29 is 19.2 Å². The number of fused-ring (bicyclic) bond motifs is 2. The van der Waals surface area contributed by atoms with E-state index in [2.05, 4.69) is 20.9 Å². The molecule has 3 unspecified atom stereocenters. The highest BCUT2D eigenvalue weighted by Crippen LogP contribution is 2.55. The summed E-state index contributed by atoms with van der Waals surface area (Å²) in [6.07, 6.45) is 0. The Morgan fingerprint density at radius 1 is 1.02 bits per heavy atom. The van der Waals surface area contributed by atoms with Crippen LogP contribution in [0, 0.1) is 16.0 Å². The quantitative estimate of drug-likeness (QED) is 0.150. The van der Waals surface area contributed by atoms with E-state index in [0.717, 1.165) is 38.0 Å². The second kappa shape index (κ2) is 10.5. The number of hydrogen-bond acceptors (Lipinski definition) is 8. The number of aromatic nitrogens is 1. The van der Waals surface area contributed by atoms with Crippen LogP contribution >= 0.6 is 50.6 Å². The molecule has 4 aromatic rings. The van der Waals surface area contributed by atoms with Crippen LogP contribution in [0.3, 0.4) is 0 Å². The predicted molar refractivity (Wildman–Crippen MR) is 155 cm³/mol. The molecular weight excluding hydrogens is 642 g/mol. The first-order chi connectivity index (χ1) is 19.2. The van der Waals surface area contributed by atoms with Crippen LogP contribution in [-0.2, 0) is 16.2 Å². The number of nitro benzene ring substituents is 1. The maximum atomic E-state index is 14.0. The molecule has 1 aromatic heterocycles. The summed E-state index contributed by atoms with van der Waals surface area (Å²) in [5, 5.41) is 12.0. The van der Waals surface area contributed by atoms with E-state index in [1.54, 1.807) is 48.5 Å². The summed E-state index contributed by atoms with van der Waals surface area (Å²) >= 11 is 11.4. The number of thioether (sulfide) groups is 1. The molecule has 0 saturated carbocycles. The van der Waals surface area contributed by atoms with Crippen LogP contribution in [0.25, 0.3) is 0 Å². The number of benzene rings is 3. The Balaban J connectivity index is 1.47. The minimum absolute atomic E-state index is 0.131. The number of ether oxygens (including phenoxy) is 1. The lowest BCUT2D eigenvalue weighted by Gasteiger charge is -2.30. The van der Waals surface area contributed by atoms with Crippen molar-refractivity contribution >= 4 is 73.8 Å². The maximum absolute atomic E-state index is 14.0. The van der Waals surface area contributed by atoms with Crippen LogP contribution in [0.2, 0.25) is 5.02 Å². The van der Waals surface area contributed by atoms with Gasteiger partial charge in [0.25, 0.3) is 5.69 Å². The first kappa shape index (κ1) is 26.8. The number of anilines is 1. The van der Waals surface area contributed by atoms with Crippen LogP contribution in [-0.4, -0.2) is 27.0 Å². The second-order valence-electron chi connectivity index (χ2n) is 9.13. The number of aromatic amines is 1. The molecule has 1 saturated heterocycles. The fourth-order valence-corrected chi connectivity index (χ4v) is 7.86. The highest BCUT2D eigenvalue weighted by atomic mass is 79.9. The molecule has 0 spiro atoms. The van der Waals surface area contributed by atoms with Crippen molar-refractivity contribution in [1.82, 2.24) is 4.98 Å². The number of rotatable bonds is 6. The summed E-state index contributed by atoms with van der Waals surface area (Å²) in [5.41, 5.74) is 1.39. The van der Waals surface area contributed by atoms with Crippen LogP contribution in [0.1, 0.15) is 21.9 Å². The van der Waals surface area contributed by atoms with E-state index in [1.165, 1.54) is 18.2 Å². The Labute approximate surface area is 248 Å². The first-order valence-electron chi connectivity index (χ1n) is 11.9. The van der Waals surface area contributed by atoms with Crippen LogP contribution in [0.5, 0.6) is 5.75 Å². The molecular formula is C27H17BrClN3O6S2. The van der Waals surface area contributed by atoms with Crippen molar-refractivity contribution in [3.8, 4) is 5.75 Å². The van der Waals surface area contributed by atoms with Crippen molar-refractivity contribution in [2.75, 3.05) is 4.90 Å². The lowest BCUT2D eigenvalue weighted by molar-refractivity contribution is -0.385. The van der Waals surface area contributed by atoms with Gasteiger partial charge in [0.05, 0.1) is 21.6 Å². The first-order valence-corrected chi connectivity index (χ1v) is 14.8. The number of halogens is 2. The summed E-state index contributed by atoms with van der Waals surface area (Å²) in [4.78, 5) is 55.5.